The van der Waals surface area contributed by atoms with E-state index in [-0.39, 0.29) is 17.9 Å². The Morgan fingerprint density at radius 3 is 2.84 bits per heavy atom. The molecule has 0 spiro atoms. The van der Waals surface area contributed by atoms with Crippen LogP contribution in [0.4, 0.5) is 11.5 Å². The second-order valence-corrected chi connectivity index (χ2v) is 11.1. The molecule has 1 saturated carbocycles. The number of rotatable bonds is 6. The van der Waals surface area contributed by atoms with E-state index in [1.54, 1.807) is 6.07 Å². The number of nitrogens with zero attached hydrogens (tertiary/aromatic N) is 3. The van der Waals surface area contributed by atoms with Crippen LogP contribution in [0.3, 0.4) is 0 Å². The number of carbonyl (C=O) groups is 2. The Morgan fingerprint density at radius 1 is 1.14 bits per heavy atom. The van der Waals surface area contributed by atoms with E-state index in [2.05, 4.69) is 17.1 Å². The van der Waals surface area contributed by atoms with Gasteiger partial charge < -0.3 is 19.9 Å². The van der Waals surface area contributed by atoms with Crippen LogP contribution in [0.2, 0.25) is 0 Å². The molecule has 1 saturated heterocycles. The molecule has 1 unspecified atom stereocenters. The number of morpholine rings is 1. The van der Waals surface area contributed by atoms with Crippen molar-refractivity contribution >= 4 is 34.7 Å². The van der Waals surface area contributed by atoms with Gasteiger partial charge >= 0.3 is 0 Å². The van der Waals surface area contributed by atoms with Crippen molar-refractivity contribution in [2.75, 3.05) is 36.0 Å². The first-order valence-electron chi connectivity index (χ1n) is 13.3. The summed E-state index contributed by atoms with van der Waals surface area (Å²) in [6, 6.07) is 16.0. The van der Waals surface area contributed by atoms with Gasteiger partial charge in [0.1, 0.15) is 11.5 Å². The summed E-state index contributed by atoms with van der Waals surface area (Å²) in [5.74, 6) is 0.731. The number of para-hydroxylation sites is 1. The van der Waals surface area contributed by atoms with Crippen LogP contribution in [0, 0.1) is 0 Å². The maximum atomic E-state index is 13.9. The Kier molecular flexibility index (Phi) is 6.69. The summed E-state index contributed by atoms with van der Waals surface area (Å²) in [4.78, 5) is 37.2. The number of carbonyl (C=O) groups excluding carboxylic acids is 2. The maximum absolute atomic E-state index is 13.9. The van der Waals surface area contributed by atoms with E-state index in [1.165, 1.54) is 11.3 Å². The number of benzene rings is 1. The lowest BCUT2D eigenvalue weighted by molar-refractivity contribution is 0.0345. The van der Waals surface area contributed by atoms with Crippen LogP contribution in [-0.2, 0) is 11.2 Å². The van der Waals surface area contributed by atoms with Crippen molar-refractivity contribution in [2.24, 2.45) is 0 Å². The molecule has 1 aromatic carbocycles. The molecule has 4 heterocycles. The molecule has 3 aliphatic rings. The smallest absolute Gasteiger partial charge is 0.276 e. The molecule has 192 valence electrons. The van der Waals surface area contributed by atoms with Gasteiger partial charge in [-0.25, -0.2) is 4.98 Å². The molecular formula is C29H32N4O3S. The number of pyridine rings is 1. The van der Waals surface area contributed by atoms with Crippen LogP contribution in [0.5, 0.6) is 0 Å². The molecule has 1 aliphatic carbocycles. The van der Waals surface area contributed by atoms with Crippen molar-refractivity contribution in [3.63, 3.8) is 0 Å². The predicted molar refractivity (Wildman–Crippen MR) is 147 cm³/mol. The number of thiophene rings is 1. The molecule has 2 fully saturated rings. The van der Waals surface area contributed by atoms with Gasteiger partial charge in [-0.2, -0.15) is 0 Å². The van der Waals surface area contributed by atoms with Gasteiger partial charge in [0.2, 0.25) is 0 Å². The first kappa shape index (κ1) is 24.1. The third-order valence-corrected chi connectivity index (χ3v) is 8.47. The minimum absolute atomic E-state index is 0.0105. The van der Waals surface area contributed by atoms with Crippen molar-refractivity contribution in [3.05, 3.63) is 64.7 Å². The van der Waals surface area contributed by atoms with E-state index in [0.717, 1.165) is 71.2 Å². The molecule has 2 amide bonds. The van der Waals surface area contributed by atoms with E-state index in [4.69, 9.17) is 9.72 Å². The SMILES string of the molecule is CCCC1CN(c2cccc(C(=O)N3CCc4cc(C(=O)NC5CC5)sc4-c4ccccc43)n2)CCO1. The van der Waals surface area contributed by atoms with Crippen molar-refractivity contribution in [1.29, 1.82) is 0 Å². The average molecular weight is 517 g/mol. The quantitative estimate of drug-likeness (QED) is 0.504. The predicted octanol–water partition coefficient (Wildman–Crippen LogP) is 4.91. The fourth-order valence-corrected chi connectivity index (χ4v) is 6.33. The zero-order chi connectivity index (χ0) is 25.4. The highest BCUT2D eigenvalue weighted by Crippen LogP contribution is 2.42. The first-order valence-corrected chi connectivity index (χ1v) is 14.1. The molecule has 1 N–H and O–H groups in total. The normalized spacial score (nSPS) is 19.1. The van der Waals surface area contributed by atoms with Gasteiger partial charge in [-0.05, 0) is 55.5 Å². The topological polar surface area (TPSA) is 74.8 Å². The molecule has 8 heteroatoms. The van der Waals surface area contributed by atoms with Gasteiger partial charge in [-0.1, -0.05) is 37.6 Å². The van der Waals surface area contributed by atoms with Crippen LogP contribution in [0.1, 0.15) is 58.3 Å². The summed E-state index contributed by atoms with van der Waals surface area (Å²) in [7, 11) is 0. The van der Waals surface area contributed by atoms with Crippen LogP contribution in [0.15, 0.2) is 48.5 Å². The Hall–Kier alpha value is -3.23. The van der Waals surface area contributed by atoms with E-state index in [9.17, 15) is 9.59 Å². The molecule has 2 aromatic heterocycles. The van der Waals surface area contributed by atoms with E-state index in [0.29, 0.717) is 31.3 Å². The summed E-state index contributed by atoms with van der Waals surface area (Å²) < 4.78 is 5.90. The minimum Gasteiger partial charge on any atom is -0.375 e. The summed E-state index contributed by atoms with van der Waals surface area (Å²) in [6.45, 7) is 4.94. The average Bonchev–Trinajstić information content (AvgIpc) is 3.67. The number of hydrogen-bond acceptors (Lipinski definition) is 6. The van der Waals surface area contributed by atoms with Crippen LogP contribution in [0.25, 0.3) is 10.4 Å². The standard InChI is InChI=1S/C29H32N4O3S/c1-2-6-21-18-32(15-16-36-21)26-10-5-8-23(31-26)29(35)33-14-13-19-17-25(28(34)30-20-11-12-20)37-27(19)22-7-3-4-9-24(22)33/h3-5,7-10,17,20-21H,2,6,11-16,18H2,1H3,(H,30,34). The fraction of sp³-hybridized carbons (Fsp3) is 0.414. The fourth-order valence-electron chi connectivity index (χ4n) is 5.18. The first-order chi connectivity index (χ1) is 18.1. The largest absolute Gasteiger partial charge is 0.375 e. The Labute approximate surface area is 221 Å². The number of ether oxygens (including phenoxy) is 1. The second kappa shape index (κ2) is 10.3. The molecule has 0 bridgehead atoms. The second-order valence-electron chi connectivity index (χ2n) is 10.0. The molecule has 7 nitrogen and oxygen atoms in total. The zero-order valence-corrected chi connectivity index (χ0v) is 21.9. The van der Waals surface area contributed by atoms with E-state index in [1.807, 2.05) is 47.4 Å². The Balaban J connectivity index is 1.27. The Bertz CT molecular complexity index is 1320. The molecule has 0 radical (unpaired) electrons. The molecule has 6 rings (SSSR count). The third kappa shape index (κ3) is 5.00. The molecule has 2 aliphatic heterocycles. The van der Waals surface area contributed by atoms with Gasteiger partial charge in [-0.3, -0.25) is 9.59 Å². The van der Waals surface area contributed by atoms with Crippen molar-refractivity contribution in [2.45, 2.75) is 51.2 Å². The zero-order valence-electron chi connectivity index (χ0n) is 21.1. The van der Waals surface area contributed by atoms with Crippen molar-refractivity contribution in [1.82, 2.24) is 10.3 Å². The van der Waals surface area contributed by atoms with Gasteiger partial charge in [0.05, 0.1) is 23.3 Å². The third-order valence-electron chi connectivity index (χ3n) is 7.26. The number of amides is 2. The van der Waals surface area contributed by atoms with E-state index >= 15 is 0 Å². The highest BCUT2D eigenvalue weighted by molar-refractivity contribution is 7.17. The lowest BCUT2D eigenvalue weighted by Crippen LogP contribution is -2.43. The molecule has 37 heavy (non-hydrogen) atoms. The number of nitrogens with one attached hydrogen (secondary N) is 1. The number of hydrogen-bond donors (Lipinski definition) is 1. The number of aromatic nitrogens is 1. The van der Waals surface area contributed by atoms with Gasteiger partial charge in [-0.15, -0.1) is 11.3 Å². The van der Waals surface area contributed by atoms with Crippen LogP contribution in [-0.4, -0.2) is 55.2 Å². The monoisotopic (exact) mass is 516 g/mol. The van der Waals surface area contributed by atoms with Gasteiger partial charge in [0.15, 0.2) is 0 Å². The van der Waals surface area contributed by atoms with Crippen molar-refractivity contribution < 1.29 is 14.3 Å². The molecular weight excluding hydrogens is 484 g/mol. The molecule has 1 atom stereocenters. The number of anilines is 2. The number of fused-ring (bicyclic) bond motifs is 3. The van der Waals surface area contributed by atoms with Gasteiger partial charge in [0, 0.05) is 36.1 Å². The van der Waals surface area contributed by atoms with E-state index < -0.39 is 0 Å². The highest BCUT2D eigenvalue weighted by Gasteiger charge is 2.30. The summed E-state index contributed by atoms with van der Waals surface area (Å²) in [6.07, 6.45) is 5.12. The lowest BCUT2D eigenvalue weighted by Gasteiger charge is -2.34. The minimum atomic E-state index is -0.102. The maximum Gasteiger partial charge on any atom is 0.276 e. The van der Waals surface area contributed by atoms with Crippen LogP contribution >= 0.6 is 11.3 Å². The van der Waals surface area contributed by atoms with Gasteiger partial charge in [0.25, 0.3) is 11.8 Å². The lowest BCUT2D eigenvalue weighted by atomic mass is 10.1. The summed E-state index contributed by atoms with van der Waals surface area (Å²) in [5.41, 5.74) is 3.42. The summed E-state index contributed by atoms with van der Waals surface area (Å²) in [5, 5.41) is 3.10. The summed E-state index contributed by atoms with van der Waals surface area (Å²) >= 11 is 1.52. The van der Waals surface area contributed by atoms with Crippen LogP contribution < -0.4 is 15.1 Å². The highest BCUT2D eigenvalue weighted by atomic mass is 32.1. The van der Waals surface area contributed by atoms with Crippen molar-refractivity contribution in [3.8, 4) is 10.4 Å². The Morgan fingerprint density at radius 2 is 2.00 bits per heavy atom. The molecule has 3 aromatic rings.